The Morgan fingerprint density at radius 1 is 1.23 bits per heavy atom. The number of hydrogen-bond donors (Lipinski definition) is 1. The molecule has 0 spiro atoms. The minimum atomic E-state index is 0.0108. The van der Waals surface area contributed by atoms with Crippen molar-refractivity contribution in [2.45, 2.75) is 6.61 Å². The van der Waals surface area contributed by atoms with Crippen molar-refractivity contribution < 1.29 is 9.63 Å². The van der Waals surface area contributed by atoms with Crippen LogP contribution in [0.1, 0.15) is 5.56 Å². The molecule has 13 heavy (non-hydrogen) atoms. The number of nitrogens with zero attached hydrogens (tertiary/aromatic N) is 1. The minimum Gasteiger partial charge on any atom is -0.392 e. The van der Waals surface area contributed by atoms with E-state index >= 15 is 0 Å². The van der Waals surface area contributed by atoms with Gasteiger partial charge in [-0.2, -0.15) is 0 Å². The first kappa shape index (κ1) is 8.01. The molecule has 0 bridgehead atoms. The van der Waals surface area contributed by atoms with Gasteiger partial charge in [-0.25, -0.2) is 0 Å². The smallest absolute Gasteiger partial charge is 0.167 e. The monoisotopic (exact) mass is 175 g/mol. The zero-order chi connectivity index (χ0) is 9.10. The van der Waals surface area contributed by atoms with Crippen molar-refractivity contribution in [1.82, 2.24) is 5.16 Å². The summed E-state index contributed by atoms with van der Waals surface area (Å²) in [5.41, 5.74) is 1.74. The zero-order valence-corrected chi connectivity index (χ0v) is 6.97. The second-order valence-corrected chi connectivity index (χ2v) is 2.69. The lowest BCUT2D eigenvalue weighted by Gasteiger charge is -2.01. The van der Waals surface area contributed by atoms with Gasteiger partial charge in [0.2, 0.25) is 0 Å². The molecule has 1 heterocycles. The maximum atomic E-state index is 9.06. The van der Waals surface area contributed by atoms with Crippen LogP contribution in [0.3, 0.4) is 0 Å². The van der Waals surface area contributed by atoms with Crippen LogP contribution >= 0.6 is 0 Å². The highest BCUT2D eigenvalue weighted by atomic mass is 16.5. The first-order valence-electron chi connectivity index (χ1n) is 4.01. The van der Waals surface area contributed by atoms with Crippen LogP contribution in [-0.4, -0.2) is 10.3 Å². The fourth-order valence-electron chi connectivity index (χ4n) is 1.25. The number of hydrogen-bond acceptors (Lipinski definition) is 3. The van der Waals surface area contributed by atoms with Crippen molar-refractivity contribution in [3.8, 4) is 11.3 Å². The first-order chi connectivity index (χ1) is 6.42. The highest BCUT2D eigenvalue weighted by molar-refractivity contribution is 5.61. The predicted molar refractivity (Wildman–Crippen MR) is 47.9 cm³/mol. The molecule has 0 radical (unpaired) electrons. The molecule has 0 unspecified atom stereocenters. The summed E-state index contributed by atoms with van der Waals surface area (Å²) >= 11 is 0. The van der Waals surface area contributed by atoms with Gasteiger partial charge >= 0.3 is 0 Å². The van der Waals surface area contributed by atoms with Gasteiger partial charge in [0.15, 0.2) is 5.76 Å². The van der Waals surface area contributed by atoms with Gasteiger partial charge in [0.1, 0.15) is 0 Å². The van der Waals surface area contributed by atoms with E-state index in [1.807, 2.05) is 24.3 Å². The number of aliphatic hydroxyl groups excluding tert-OH is 1. The van der Waals surface area contributed by atoms with Crippen molar-refractivity contribution in [2.75, 3.05) is 0 Å². The predicted octanol–water partition coefficient (Wildman–Crippen LogP) is 1.83. The summed E-state index contributed by atoms with van der Waals surface area (Å²) in [5.74, 6) is 0.685. The summed E-state index contributed by atoms with van der Waals surface area (Å²) in [4.78, 5) is 0. The molecule has 0 saturated carbocycles. The number of rotatable bonds is 2. The largest absolute Gasteiger partial charge is 0.392 e. The third-order valence-electron chi connectivity index (χ3n) is 1.89. The molecule has 0 aliphatic carbocycles. The molecule has 0 atom stereocenters. The van der Waals surface area contributed by atoms with E-state index in [9.17, 15) is 0 Å². The van der Waals surface area contributed by atoms with Gasteiger partial charge in [-0.15, -0.1) is 0 Å². The molecule has 66 valence electrons. The van der Waals surface area contributed by atoms with E-state index in [4.69, 9.17) is 9.63 Å². The van der Waals surface area contributed by atoms with Crippen LogP contribution in [0, 0.1) is 0 Å². The Hall–Kier alpha value is -1.61. The molecule has 3 nitrogen and oxygen atoms in total. The van der Waals surface area contributed by atoms with E-state index in [0.717, 1.165) is 11.1 Å². The fraction of sp³-hybridized carbons (Fsp3) is 0.100. The Morgan fingerprint density at radius 3 is 2.77 bits per heavy atom. The van der Waals surface area contributed by atoms with Gasteiger partial charge in [-0.05, 0) is 5.56 Å². The molecule has 0 aliphatic heterocycles. The van der Waals surface area contributed by atoms with Crippen LogP contribution in [-0.2, 0) is 6.61 Å². The number of aromatic nitrogens is 1. The summed E-state index contributed by atoms with van der Waals surface area (Å²) in [6.07, 6.45) is 1.59. The van der Waals surface area contributed by atoms with E-state index in [1.165, 1.54) is 0 Å². The zero-order valence-electron chi connectivity index (χ0n) is 6.97. The van der Waals surface area contributed by atoms with Crippen molar-refractivity contribution in [3.63, 3.8) is 0 Å². The molecule has 0 amide bonds. The standard InChI is InChI=1S/C10H9NO2/c12-7-8-3-1-2-4-9(8)10-5-6-11-13-10/h1-6,12H,7H2. The summed E-state index contributed by atoms with van der Waals surface area (Å²) in [6, 6.07) is 9.31. The van der Waals surface area contributed by atoms with E-state index < -0.39 is 0 Å². The third kappa shape index (κ3) is 1.46. The van der Waals surface area contributed by atoms with E-state index in [0.29, 0.717) is 5.76 Å². The third-order valence-corrected chi connectivity index (χ3v) is 1.89. The van der Waals surface area contributed by atoms with Crippen molar-refractivity contribution in [2.24, 2.45) is 0 Å². The molecule has 2 rings (SSSR count). The summed E-state index contributed by atoms with van der Waals surface area (Å²) < 4.78 is 5.00. The fourth-order valence-corrected chi connectivity index (χ4v) is 1.25. The van der Waals surface area contributed by atoms with Crippen LogP contribution in [0.5, 0.6) is 0 Å². The number of benzene rings is 1. The maximum absolute atomic E-state index is 9.06. The Balaban J connectivity index is 2.51. The molecule has 1 aromatic heterocycles. The Morgan fingerprint density at radius 2 is 2.08 bits per heavy atom. The average Bonchev–Trinajstić information content (AvgIpc) is 2.70. The van der Waals surface area contributed by atoms with Crippen LogP contribution < -0.4 is 0 Å². The quantitative estimate of drug-likeness (QED) is 0.757. The summed E-state index contributed by atoms with van der Waals surface area (Å²) in [5, 5.41) is 12.7. The van der Waals surface area contributed by atoms with Crippen molar-refractivity contribution >= 4 is 0 Å². The van der Waals surface area contributed by atoms with Gasteiger partial charge < -0.3 is 9.63 Å². The van der Waals surface area contributed by atoms with Crippen molar-refractivity contribution in [1.29, 1.82) is 0 Å². The Bertz CT molecular complexity index is 382. The molecule has 0 aliphatic rings. The maximum Gasteiger partial charge on any atom is 0.167 e. The highest BCUT2D eigenvalue weighted by Crippen LogP contribution is 2.22. The topological polar surface area (TPSA) is 46.3 Å². The molecule has 2 aromatic rings. The van der Waals surface area contributed by atoms with Crippen molar-refractivity contribution in [3.05, 3.63) is 42.1 Å². The molecular weight excluding hydrogens is 166 g/mol. The minimum absolute atomic E-state index is 0.0108. The normalized spacial score (nSPS) is 10.2. The molecule has 1 N–H and O–H groups in total. The van der Waals surface area contributed by atoms with Crippen LogP contribution in [0.25, 0.3) is 11.3 Å². The highest BCUT2D eigenvalue weighted by Gasteiger charge is 2.05. The lowest BCUT2D eigenvalue weighted by Crippen LogP contribution is -1.86. The second kappa shape index (κ2) is 3.41. The van der Waals surface area contributed by atoms with Gasteiger partial charge in [0, 0.05) is 11.6 Å². The van der Waals surface area contributed by atoms with Gasteiger partial charge in [0.05, 0.1) is 12.8 Å². The number of aliphatic hydroxyl groups is 1. The van der Waals surface area contributed by atoms with E-state index in [-0.39, 0.29) is 6.61 Å². The lowest BCUT2D eigenvalue weighted by atomic mass is 10.1. The summed E-state index contributed by atoms with van der Waals surface area (Å²) in [7, 11) is 0. The molecule has 3 heteroatoms. The Labute approximate surface area is 75.6 Å². The average molecular weight is 175 g/mol. The van der Waals surface area contributed by atoms with Gasteiger partial charge in [-0.3, -0.25) is 0 Å². The molecular formula is C10H9NO2. The first-order valence-corrected chi connectivity index (χ1v) is 4.01. The second-order valence-electron chi connectivity index (χ2n) is 2.69. The molecule has 1 aromatic carbocycles. The van der Waals surface area contributed by atoms with Crippen LogP contribution in [0.15, 0.2) is 41.1 Å². The SMILES string of the molecule is OCc1ccccc1-c1ccno1. The Kier molecular flexibility index (Phi) is 2.10. The molecule has 0 saturated heterocycles. The van der Waals surface area contributed by atoms with Gasteiger partial charge in [-0.1, -0.05) is 29.4 Å². The van der Waals surface area contributed by atoms with Gasteiger partial charge in [0.25, 0.3) is 0 Å². The van der Waals surface area contributed by atoms with Crippen LogP contribution in [0.4, 0.5) is 0 Å². The van der Waals surface area contributed by atoms with E-state index in [2.05, 4.69) is 5.16 Å². The van der Waals surface area contributed by atoms with E-state index in [1.54, 1.807) is 12.3 Å². The summed E-state index contributed by atoms with van der Waals surface area (Å²) in [6.45, 7) is 0.0108. The lowest BCUT2D eigenvalue weighted by molar-refractivity contribution is 0.282. The molecule has 0 fully saturated rings. The van der Waals surface area contributed by atoms with Crippen LogP contribution in [0.2, 0.25) is 0 Å².